The van der Waals surface area contributed by atoms with Gasteiger partial charge in [-0.2, -0.15) is 0 Å². The van der Waals surface area contributed by atoms with Crippen molar-refractivity contribution in [2.45, 2.75) is 44.5 Å². The molecule has 30 heavy (non-hydrogen) atoms. The molecule has 7 nitrogen and oxygen atoms in total. The number of thiazole rings is 1. The maximum atomic E-state index is 14.0. The average molecular weight is 430 g/mol. The number of amides is 1. The Labute approximate surface area is 177 Å². The van der Waals surface area contributed by atoms with Crippen molar-refractivity contribution in [1.29, 1.82) is 0 Å². The summed E-state index contributed by atoms with van der Waals surface area (Å²) in [4.78, 5) is 21.3. The Morgan fingerprint density at radius 2 is 2.13 bits per heavy atom. The van der Waals surface area contributed by atoms with Crippen molar-refractivity contribution in [2.24, 2.45) is 0 Å². The number of fused-ring (bicyclic) bond motifs is 1. The molecule has 0 spiro atoms. The number of aromatic nitrogens is 2. The first-order chi connectivity index (χ1) is 14.3. The van der Waals surface area contributed by atoms with Crippen LogP contribution in [0.1, 0.15) is 37.0 Å². The second kappa shape index (κ2) is 8.16. The van der Waals surface area contributed by atoms with Gasteiger partial charge in [0.05, 0.1) is 39.1 Å². The van der Waals surface area contributed by atoms with Crippen molar-refractivity contribution in [3.8, 4) is 0 Å². The monoisotopic (exact) mass is 429 g/mol. The van der Waals surface area contributed by atoms with E-state index in [2.05, 4.69) is 25.9 Å². The van der Waals surface area contributed by atoms with Crippen molar-refractivity contribution in [1.82, 2.24) is 15.3 Å². The number of benzene rings is 1. The maximum absolute atomic E-state index is 14.0. The number of alkyl halides is 1. The van der Waals surface area contributed by atoms with Crippen LogP contribution in [-0.2, 0) is 0 Å². The lowest BCUT2D eigenvalue weighted by Crippen LogP contribution is -2.42. The fourth-order valence-corrected chi connectivity index (χ4v) is 3.60. The first-order valence-corrected chi connectivity index (χ1v) is 10.7. The van der Waals surface area contributed by atoms with Crippen molar-refractivity contribution < 1.29 is 14.3 Å². The quantitative estimate of drug-likeness (QED) is 0.434. The number of aliphatic hydroxyl groups is 1. The molecule has 1 aromatic carbocycles. The molecule has 1 aliphatic rings. The first-order valence-electron chi connectivity index (χ1n) is 9.81. The molecule has 9 heteroatoms. The maximum Gasteiger partial charge on any atom is 0.255 e. The standard InChI is InChI=1S/C21H24FN5O2S/c1-21(2,29)18(22)10-24-20(28)14-9-23-19(8-16(14)26-12-3-4-12)27-13-5-6-15-17(7-13)30-11-25-15/h5-9,11-12,18,29H,3-4,10H2,1-2H3,(H,24,28)(H2,23,26,27)/t18-/m0/s1. The topological polar surface area (TPSA) is 99.2 Å². The van der Waals surface area contributed by atoms with Crippen LogP contribution in [0.25, 0.3) is 10.2 Å². The van der Waals surface area contributed by atoms with Gasteiger partial charge >= 0.3 is 0 Å². The van der Waals surface area contributed by atoms with E-state index in [-0.39, 0.29) is 6.54 Å². The SMILES string of the molecule is CC(C)(O)[C@@H](F)CNC(=O)c1cnc(Nc2ccc3ncsc3c2)cc1NC1CC1. The Morgan fingerprint density at radius 1 is 1.33 bits per heavy atom. The van der Waals surface area contributed by atoms with Crippen molar-refractivity contribution in [3.05, 3.63) is 41.5 Å². The molecule has 1 atom stereocenters. The molecule has 0 radical (unpaired) electrons. The Hall–Kier alpha value is -2.78. The highest BCUT2D eigenvalue weighted by Crippen LogP contribution is 2.30. The van der Waals surface area contributed by atoms with Crippen LogP contribution in [-0.4, -0.2) is 45.3 Å². The van der Waals surface area contributed by atoms with Crippen LogP contribution in [0.15, 0.2) is 36.0 Å². The summed E-state index contributed by atoms with van der Waals surface area (Å²) in [5.74, 6) is 0.161. The van der Waals surface area contributed by atoms with E-state index in [9.17, 15) is 14.3 Å². The van der Waals surface area contributed by atoms with Crippen LogP contribution in [0.2, 0.25) is 0 Å². The lowest BCUT2D eigenvalue weighted by atomic mass is 10.0. The molecular formula is C21H24FN5O2S. The predicted octanol–water partition coefficient (Wildman–Crippen LogP) is 3.85. The zero-order valence-electron chi connectivity index (χ0n) is 16.8. The Bertz CT molecular complexity index is 1060. The fraction of sp³-hybridized carbons (Fsp3) is 0.381. The summed E-state index contributed by atoms with van der Waals surface area (Å²) in [7, 11) is 0. The fourth-order valence-electron chi connectivity index (χ4n) is 2.88. The predicted molar refractivity (Wildman–Crippen MR) is 117 cm³/mol. The van der Waals surface area contributed by atoms with Gasteiger partial charge in [-0.1, -0.05) is 0 Å². The van der Waals surface area contributed by atoms with Crippen molar-refractivity contribution >= 4 is 44.7 Å². The minimum Gasteiger partial charge on any atom is -0.387 e. The van der Waals surface area contributed by atoms with Gasteiger partial charge in [-0.25, -0.2) is 14.4 Å². The van der Waals surface area contributed by atoms with Crippen LogP contribution < -0.4 is 16.0 Å². The molecule has 4 rings (SSSR count). The molecule has 1 aliphatic carbocycles. The number of hydrogen-bond donors (Lipinski definition) is 4. The third-order valence-electron chi connectivity index (χ3n) is 4.90. The van der Waals surface area contributed by atoms with Gasteiger partial charge < -0.3 is 21.1 Å². The second-order valence-electron chi connectivity index (χ2n) is 8.02. The number of pyridine rings is 1. The molecule has 158 valence electrons. The van der Waals surface area contributed by atoms with E-state index in [0.717, 1.165) is 28.7 Å². The normalized spacial score (nSPS) is 15.1. The number of carbonyl (C=O) groups excluding carboxylic acids is 1. The summed E-state index contributed by atoms with van der Waals surface area (Å²) in [6.45, 7) is 2.46. The van der Waals surface area contributed by atoms with Crippen molar-refractivity contribution in [3.63, 3.8) is 0 Å². The van der Waals surface area contributed by atoms with Gasteiger partial charge in [-0.3, -0.25) is 4.79 Å². The molecule has 3 aromatic rings. The Morgan fingerprint density at radius 3 is 2.87 bits per heavy atom. The van der Waals surface area contributed by atoms with Gasteiger partial charge in [0.2, 0.25) is 0 Å². The summed E-state index contributed by atoms with van der Waals surface area (Å²) in [5, 5.41) is 18.9. The number of halogens is 1. The lowest BCUT2D eigenvalue weighted by molar-refractivity contribution is -0.00177. The minimum absolute atomic E-state index is 0.278. The molecule has 1 saturated carbocycles. The van der Waals surface area contributed by atoms with Crippen LogP contribution in [0.3, 0.4) is 0 Å². The number of nitrogens with zero attached hydrogens (tertiary/aromatic N) is 2. The molecule has 1 amide bonds. The van der Waals surface area contributed by atoms with Gasteiger partial charge in [0, 0.05) is 24.0 Å². The highest BCUT2D eigenvalue weighted by molar-refractivity contribution is 7.16. The number of rotatable bonds is 8. The van der Waals surface area contributed by atoms with E-state index in [1.807, 2.05) is 18.2 Å². The number of carbonyl (C=O) groups is 1. The highest BCUT2D eigenvalue weighted by atomic mass is 32.1. The smallest absolute Gasteiger partial charge is 0.255 e. The van der Waals surface area contributed by atoms with E-state index < -0.39 is 17.7 Å². The minimum atomic E-state index is -1.57. The molecule has 0 saturated heterocycles. The molecule has 0 aliphatic heterocycles. The Balaban J connectivity index is 1.51. The molecular weight excluding hydrogens is 405 g/mol. The number of anilines is 3. The summed E-state index contributed by atoms with van der Waals surface area (Å²) in [5.41, 5.74) is 3.09. The Kier molecular flexibility index (Phi) is 5.57. The molecule has 1 fully saturated rings. The second-order valence-corrected chi connectivity index (χ2v) is 8.91. The highest BCUT2D eigenvalue weighted by Gasteiger charge is 2.28. The van der Waals surface area contributed by atoms with E-state index in [4.69, 9.17) is 0 Å². The zero-order chi connectivity index (χ0) is 21.3. The molecule has 0 bridgehead atoms. The summed E-state index contributed by atoms with van der Waals surface area (Å²) in [6, 6.07) is 7.98. The largest absolute Gasteiger partial charge is 0.387 e. The third kappa shape index (κ3) is 4.85. The van der Waals surface area contributed by atoms with Crippen molar-refractivity contribution in [2.75, 3.05) is 17.2 Å². The van der Waals surface area contributed by atoms with Crippen LogP contribution in [0, 0.1) is 0 Å². The molecule has 0 unspecified atom stereocenters. The first kappa shape index (κ1) is 20.5. The zero-order valence-corrected chi connectivity index (χ0v) is 17.6. The van der Waals surface area contributed by atoms with Gasteiger partial charge in [0.1, 0.15) is 12.0 Å². The molecule has 2 aromatic heterocycles. The van der Waals surface area contributed by atoms with E-state index in [1.165, 1.54) is 20.0 Å². The molecule has 4 N–H and O–H groups in total. The van der Waals surface area contributed by atoms with E-state index in [0.29, 0.717) is 23.1 Å². The van der Waals surface area contributed by atoms with Crippen LogP contribution in [0.4, 0.5) is 21.6 Å². The summed E-state index contributed by atoms with van der Waals surface area (Å²) >= 11 is 1.56. The number of hydrogen-bond acceptors (Lipinski definition) is 7. The van der Waals surface area contributed by atoms with Crippen LogP contribution in [0.5, 0.6) is 0 Å². The van der Waals surface area contributed by atoms with E-state index in [1.54, 1.807) is 22.9 Å². The summed E-state index contributed by atoms with van der Waals surface area (Å²) < 4.78 is 15.1. The summed E-state index contributed by atoms with van der Waals surface area (Å²) in [6.07, 6.45) is 1.99. The van der Waals surface area contributed by atoms with Gasteiger partial charge in [0.15, 0.2) is 0 Å². The van der Waals surface area contributed by atoms with Gasteiger partial charge in [-0.05, 0) is 44.9 Å². The lowest BCUT2D eigenvalue weighted by Gasteiger charge is -2.22. The molecule has 2 heterocycles. The number of nitrogens with one attached hydrogen (secondary N) is 3. The third-order valence-corrected chi connectivity index (χ3v) is 5.69. The van der Waals surface area contributed by atoms with Gasteiger partial charge in [0.25, 0.3) is 5.91 Å². The average Bonchev–Trinajstić information content (AvgIpc) is 3.38. The van der Waals surface area contributed by atoms with E-state index >= 15 is 0 Å². The van der Waals surface area contributed by atoms with Gasteiger partial charge in [-0.15, -0.1) is 11.3 Å². The van der Waals surface area contributed by atoms with Crippen LogP contribution >= 0.6 is 11.3 Å².